The third-order valence-corrected chi connectivity index (χ3v) is 4.96. The number of carbonyl (C=O) groups excluding carboxylic acids is 1. The van der Waals surface area contributed by atoms with Crippen molar-refractivity contribution in [3.63, 3.8) is 0 Å². The van der Waals surface area contributed by atoms with E-state index < -0.39 is 0 Å². The topological polar surface area (TPSA) is 67.8 Å². The van der Waals surface area contributed by atoms with Crippen LogP contribution in [0.15, 0.2) is 72.8 Å². The highest BCUT2D eigenvalue weighted by molar-refractivity contribution is 6.01. The Bertz CT molecular complexity index is 1080. The van der Waals surface area contributed by atoms with Gasteiger partial charge in [-0.15, -0.1) is 0 Å². The minimum atomic E-state index is -0.270. The van der Waals surface area contributed by atoms with Crippen LogP contribution in [0.4, 0.5) is 5.69 Å². The van der Waals surface area contributed by atoms with Gasteiger partial charge in [0.15, 0.2) is 11.5 Å². The van der Waals surface area contributed by atoms with Crippen LogP contribution in [0.5, 0.6) is 17.2 Å². The molecule has 5 heteroatoms. The van der Waals surface area contributed by atoms with Crippen LogP contribution in [0.1, 0.15) is 37.5 Å². The molecule has 0 saturated heterocycles. The molecule has 0 atom stereocenters. The molecule has 0 aliphatic carbocycles. The molecule has 166 valence electrons. The van der Waals surface area contributed by atoms with Gasteiger partial charge in [-0.2, -0.15) is 0 Å². The fourth-order valence-electron chi connectivity index (χ4n) is 3.07. The van der Waals surface area contributed by atoms with E-state index in [1.807, 2.05) is 18.2 Å². The minimum Gasteiger partial charge on any atom is -0.508 e. The smallest absolute Gasteiger partial charge is 0.248 e. The van der Waals surface area contributed by atoms with Crippen molar-refractivity contribution in [1.82, 2.24) is 0 Å². The molecule has 0 aliphatic rings. The summed E-state index contributed by atoms with van der Waals surface area (Å²) in [5.41, 5.74) is 3.89. The molecule has 3 aromatic carbocycles. The fraction of sp³-hybridized carbons (Fsp3) is 0.222. The van der Waals surface area contributed by atoms with Crippen LogP contribution < -0.4 is 14.8 Å². The highest BCUT2D eigenvalue weighted by Crippen LogP contribution is 2.30. The van der Waals surface area contributed by atoms with Gasteiger partial charge in [0.2, 0.25) is 5.91 Å². The molecule has 3 rings (SSSR count). The molecule has 0 spiro atoms. The van der Waals surface area contributed by atoms with Gasteiger partial charge >= 0.3 is 0 Å². The molecule has 5 nitrogen and oxygen atoms in total. The van der Waals surface area contributed by atoms with Crippen molar-refractivity contribution >= 4 is 17.7 Å². The Hall–Kier alpha value is -3.73. The molecular weight excluding hydrogens is 402 g/mol. The molecule has 0 radical (unpaired) electrons. The molecule has 2 N–H and O–H groups in total. The Morgan fingerprint density at radius 1 is 0.969 bits per heavy atom. The maximum atomic E-state index is 12.1. The summed E-state index contributed by atoms with van der Waals surface area (Å²) >= 11 is 0. The van der Waals surface area contributed by atoms with Crippen molar-refractivity contribution in [2.24, 2.45) is 0 Å². The third kappa shape index (κ3) is 6.38. The number of carbonyl (C=O) groups is 1. The van der Waals surface area contributed by atoms with Crippen LogP contribution in [0.2, 0.25) is 0 Å². The lowest BCUT2D eigenvalue weighted by Gasteiger charge is -2.19. The van der Waals surface area contributed by atoms with E-state index in [9.17, 15) is 9.90 Å². The number of amides is 1. The van der Waals surface area contributed by atoms with E-state index in [-0.39, 0.29) is 17.1 Å². The van der Waals surface area contributed by atoms with Crippen LogP contribution >= 0.6 is 0 Å². The van der Waals surface area contributed by atoms with Crippen molar-refractivity contribution in [3.8, 4) is 17.2 Å². The summed E-state index contributed by atoms with van der Waals surface area (Å²) < 4.78 is 11.4. The number of anilines is 1. The van der Waals surface area contributed by atoms with Gasteiger partial charge in [-0.25, -0.2) is 0 Å². The summed E-state index contributed by atoms with van der Waals surface area (Å²) in [6, 6.07) is 20.2. The van der Waals surface area contributed by atoms with E-state index in [1.165, 1.54) is 23.8 Å². The van der Waals surface area contributed by atoms with Crippen LogP contribution in [-0.4, -0.2) is 18.1 Å². The Morgan fingerprint density at radius 2 is 1.66 bits per heavy atom. The summed E-state index contributed by atoms with van der Waals surface area (Å²) in [6.45, 7) is 7.01. The van der Waals surface area contributed by atoms with Crippen molar-refractivity contribution in [2.45, 2.75) is 32.8 Å². The Kier molecular flexibility index (Phi) is 7.21. The average Bonchev–Trinajstić information content (AvgIpc) is 2.77. The molecule has 32 heavy (non-hydrogen) atoms. The number of phenols is 1. The molecule has 1 amide bonds. The average molecular weight is 432 g/mol. The van der Waals surface area contributed by atoms with Crippen LogP contribution in [-0.2, 0) is 16.8 Å². The molecule has 0 aliphatic heterocycles. The maximum absolute atomic E-state index is 12.1. The summed E-state index contributed by atoms with van der Waals surface area (Å²) in [5, 5.41) is 12.0. The number of benzene rings is 3. The van der Waals surface area contributed by atoms with E-state index in [0.717, 1.165) is 11.1 Å². The second kappa shape index (κ2) is 10.1. The minimum absolute atomic E-state index is 0.118. The van der Waals surface area contributed by atoms with Gasteiger partial charge in [-0.05, 0) is 64.6 Å². The molecular formula is C27H29NO4. The second-order valence-electron chi connectivity index (χ2n) is 8.52. The summed E-state index contributed by atoms with van der Waals surface area (Å²) in [4.78, 5) is 12.1. The first-order valence-corrected chi connectivity index (χ1v) is 10.4. The van der Waals surface area contributed by atoms with Crippen LogP contribution in [0.3, 0.4) is 0 Å². The highest BCUT2D eigenvalue weighted by Gasteiger charge is 2.13. The van der Waals surface area contributed by atoms with Gasteiger partial charge in [0.25, 0.3) is 0 Å². The Labute approximate surface area is 189 Å². The first kappa shape index (κ1) is 22.9. The van der Waals surface area contributed by atoms with Crippen LogP contribution in [0, 0.1) is 0 Å². The Balaban J connectivity index is 1.61. The second-order valence-corrected chi connectivity index (χ2v) is 8.52. The lowest BCUT2D eigenvalue weighted by atomic mass is 9.87. The molecule has 0 unspecified atom stereocenters. The number of hydrogen-bond donors (Lipinski definition) is 2. The number of aromatic hydroxyl groups is 1. The molecule has 3 aromatic rings. The monoisotopic (exact) mass is 431 g/mol. The first-order valence-electron chi connectivity index (χ1n) is 10.4. The van der Waals surface area contributed by atoms with Crippen molar-refractivity contribution in [2.75, 3.05) is 12.4 Å². The lowest BCUT2D eigenvalue weighted by molar-refractivity contribution is -0.111. The SMILES string of the molecule is COc1cc(/C=C/C(=O)Nc2ccc(O)cc2)ccc1OCc1ccc(C(C)(C)C)cc1. The van der Waals surface area contributed by atoms with E-state index in [2.05, 4.69) is 50.4 Å². The standard InChI is InChI=1S/C27H29NO4/c1-27(2,3)21-9-5-20(6-10-21)18-32-24-15-7-19(17-25(24)31-4)8-16-26(30)28-22-11-13-23(29)14-12-22/h5-17,29H,18H2,1-4H3,(H,28,30)/b16-8+. The predicted octanol–water partition coefficient (Wildman–Crippen LogP) is 5.93. The summed E-state index contributed by atoms with van der Waals surface area (Å²) in [6.07, 6.45) is 3.15. The fourth-order valence-corrected chi connectivity index (χ4v) is 3.07. The number of rotatable bonds is 7. The van der Waals surface area contributed by atoms with E-state index in [0.29, 0.717) is 23.8 Å². The van der Waals surface area contributed by atoms with Gasteiger partial charge in [0.05, 0.1) is 7.11 Å². The number of hydrogen-bond acceptors (Lipinski definition) is 4. The molecule has 0 aromatic heterocycles. The zero-order chi connectivity index (χ0) is 23.1. The molecule has 0 fully saturated rings. The van der Waals surface area contributed by atoms with Gasteiger partial charge < -0.3 is 19.9 Å². The van der Waals surface area contributed by atoms with E-state index in [1.54, 1.807) is 25.3 Å². The van der Waals surface area contributed by atoms with E-state index in [4.69, 9.17) is 9.47 Å². The number of methoxy groups -OCH3 is 1. The van der Waals surface area contributed by atoms with Crippen molar-refractivity contribution < 1.29 is 19.4 Å². The van der Waals surface area contributed by atoms with Gasteiger partial charge in [-0.1, -0.05) is 51.1 Å². The quantitative estimate of drug-likeness (QED) is 0.359. The predicted molar refractivity (Wildman–Crippen MR) is 128 cm³/mol. The Morgan fingerprint density at radius 3 is 2.28 bits per heavy atom. The van der Waals surface area contributed by atoms with Gasteiger partial charge in [-0.3, -0.25) is 4.79 Å². The number of nitrogens with one attached hydrogen (secondary N) is 1. The normalized spacial score (nSPS) is 11.4. The number of phenolic OH excluding ortho intramolecular Hbond substituents is 1. The van der Waals surface area contributed by atoms with Gasteiger partial charge in [0.1, 0.15) is 12.4 Å². The van der Waals surface area contributed by atoms with Crippen molar-refractivity contribution in [1.29, 1.82) is 0 Å². The summed E-state index contributed by atoms with van der Waals surface area (Å²) in [5.74, 6) is 1.11. The maximum Gasteiger partial charge on any atom is 0.248 e. The molecule has 0 bridgehead atoms. The lowest BCUT2D eigenvalue weighted by Crippen LogP contribution is -2.10. The van der Waals surface area contributed by atoms with Crippen LogP contribution in [0.25, 0.3) is 6.08 Å². The third-order valence-electron chi connectivity index (χ3n) is 4.96. The molecule has 0 heterocycles. The number of ether oxygens (including phenoxy) is 2. The zero-order valence-corrected chi connectivity index (χ0v) is 18.9. The highest BCUT2D eigenvalue weighted by atomic mass is 16.5. The van der Waals surface area contributed by atoms with E-state index >= 15 is 0 Å². The molecule has 0 saturated carbocycles. The largest absolute Gasteiger partial charge is 0.508 e. The van der Waals surface area contributed by atoms with Crippen molar-refractivity contribution in [3.05, 3.63) is 89.5 Å². The summed E-state index contributed by atoms with van der Waals surface area (Å²) in [7, 11) is 1.59. The first-order chi connectivity index (χ1) is 15.2. The van der Waals surface area contributed by atoms with Gasteiger partial charge in [0, 0.05) is 11.8 Å². The zero-order valence-electron chi connectivity index (χ0n) is 18.9.